The van der Waals surface area contributed by atoms with Gasteiger partial charge in [0.15, 0.2) is 5.03 Å². The van der Waals surface area contributed by atoms with E-state index in [4.69, 9.17) is 5.73 Å². The number of hydrogen-bond donors (Lipinski definition) is 1. The molecular weight excluding hydrogens is 228 g/mol. The SMILES string of the molecule is Cn1cnc(S(=O)(=O)N(CCN)C2CC2)c1. The largest absolute Gasteiger partial charge is 0.339 e. The Morgan fingerprint density at radius 3 is 2.75 bits per heavy atom. The lowest BCUT2D eigenvalue weighted by Crippen LogP contribution is -2.37. The smallest absolute Gasteiger partial charge is 0.262 e. The minimum Gasteiger partial charge on any atom is -0.339 e. The van der Waals surface area contributed by atoms with Crippen molar-refractivity contribution in [3.05, 3.63) is 12.5 Å². The lowest BCUT2D eigenvalue weighted by atomic mass is 10.6. The van der Waals surface area contributed by atoms with E-state index in [1.807, 2.05) is 0 Å². The van der Waals surface area contributed by atoms with Gasteiger partial charge in [0.2, 0.25) is 0 Å². The predicted molar refractivity (Wildman–Crippen MR) is 59.2 cm³/mol. The fourth-order valence-electron chi connectivity index (χ4n) is 1.63. The highest BCUT2D eigenvalue weighted by molar-refractivity contribution is 7.89. The van der Waals surface area contributed by atoms with Gasteiger partial charge in [0, 0.05) is 32.4 Å². The summed E-state index contributed by atoms with van der Waals surface area (Å²) in [6.07, 6.45) is 4.85. The first-order valence-electron chi connectivity index (χ1n) is 5.25. The van der Waals surface area contributed by atoms with E-state index in [9.17, 15) is 8.42 Å². The van der Waals surface area contributed by atoms with Crippen molar-refractivity contribution in [1.29, 1.82) is 0 Å². The molecule has 0 amide bonds. The Hall–Kier alpha value is -0.920. The van der Waals surface area contributed by atoms with E-state index in [-0.39, 0.29) is 11.1 Å². The van der Waals surface area contributed by atoms with Crippen LogP contribution in [-0.2, 0) is 17.1 Å². The Kier molecular flexibility index (Phi) is 3.00. The van der Waals surface area contributed by atoms with Crippen LogP contribution in [0.3, 0.4) is 0 Å². The zero-order valence-corrected chi connectivity index (χ0v) is 10.0. The molecule has 0 saturated heterocycles. The number of aromatic nitrogens is 2. The maximum Gasteiger partial charge on any atom is 0.262 e. The van der Waals surface area contributed by atoms with E-state index >= 15 is 0 Å². The molecule has 90 valence electrons. The molecule has 1 aliphatic rings. The van der Waals surface area contributed by atoms with Crippen molar-refractivity contribution in [3.63, 3.8) is 0 Å². The molecule has 0 aliphatic heterocycles. The van der Waals surface area contributed by atoms with E-state index < -0.39 is 10.0 Å². The summed E-state index contributed by atoms with van der Waals surface area (Å²) in [5, 5.41) is 0.107. The van der Waals surface area contributed by atoms with Gasteiger partial charge in [-0.25, -0.2) is 13.4 Å². The molecule has 0 bridgehead atoms. The molecule has 1 aromatic rings. The molecule has 0 unspecified atom stereocenters. The van der Waals surface area contributed by atoms with Gasteiger partial charge < -0.3 is 10.3 Å². The highest BCUT2D eigenvalue weighted by Gasteiger charge is 2.38. The number of sulfonamides is 1. The molecule has 1 aromatic heterocycles. The van der Waals surface area contributed by atoms with Crippen molar-refractivity contribution < 1.29 is 8.42 Å². The molecule has 1 saturated carbocycles. The Morgan fingerprint density at radius 2 is 2.31 bits per heavy atom. The Bertz CT molecular complexity index is 464. The van der Waals surface area contributed by atoms with Gasteiger partial charge in [0.25, 0.3) is 10.0 Å². The third-order valence-corrected chi connectivity index (χ3v) is 4.40. The first-order valence-corrected chi connectivity index (χ1v) is 6.69. The zero-order valence-electron chi connectivity index (χ0n) is 9.20. The Labute approximate surface area is 95.1 Å². The minimum atomic E-state index is -3.46. The van der Waals surface area contributed by atoms with Gasteiger partial charge >= 0.3 is 0 Å². The molecule has 6 nitrogen and oxygen atoms in total. The molecule has 1 aliphatic carbocycles. The summed E-state index contributed by atoms with van der Waals surface area (Å²) in [7, 11) is -1.71. The summed E-state index contributed by atoms with van der Waals surface area (Å²) in [6.45, 7) is 0.701. The fourth-order valence-corrected chi connectivity index (χ4v) is 3.30. The van der Waals surface area contributed by atoms with E-state index in [0.717, 1.165) is 12.8 Å². The Balaban J connectivity index is 2.28. The van der Waals surface area contributed by atoms with Gasteiger partial charge in [-0.15, -0.1) is 0 Å². The normalized spacial score (nSPS) is 16.9. The van der Waals surface area contributed by atoms with E-state index in [0.29, 0.717) is 13.1 Å². The minimum absolute atomic E-state index is 0.107. The molecule has 1 heterocycles. The van der Waals surface area contributed by atoms with E-state index in [1.54, 1.807) is 11.6 Å². The van der Waals surface area contributed by atoms with Gasteiger partial charge in [-0.1, -0.05) is 0 Å². The summed E-state index contributed by atoms with van der Waals surface area (Å²) >= 11 is 0. The summed E-state index contributed by atoms with van der Waals surface area (Å²) in [5.74, 6) is 0. The van der Waals surface area contributed by atoms with Gasteiger partial charge in [-0.05, 0) is 12.8 Å². The van der Waals surface area contributed by atoms with Crippen LogP contribution in [0.4, 0.5) is 0 Å². The number of aryl methyl sites for hydroxylation is 1. The predicted octanol–water partition coefficient (Wildman–Crippen LogP) is -0.468. The topological polar surface area (TPSA) is 81.2 Å². The zero-order chi connectivity index (χ0) is 11.8. The van der Waals surface area contributed by atoms with E-state index in [1.165, 1.54) is 16.8 Å². The molecule has 7 heteroatoms. The van der Waals surface area contributed by atoms with Crippen LogP contribution in [0, 0.1) is 0 Å². The van der Waals surface area contributed by atoms with Gasteiger partial charge in [-0.3, -0.25) is 0 Å². The molecule has 0 aromatic carbocycles. The Morgan fingerprint density at radius 1 is 1.62 bits per heavy atom. The highest BCUT2D eigenvalue weighted by atomic mass is 32.2. The second kappa shape index (κ2) is 4.15. The van der Waals surface area contributed by atoms with Gasteiger partial charge in [0.1, 0.15) is 0 Å². The number of nitrogens with two attached hydrogens (primary N) is 1. The molecular formula is C9H16N4O2S. The molecule has 2 rings (SSSR count). The third kappa shape index (κ3) is 2.11. The quantitative estimate of drug-likeness (QED) is 0.759. The van der Waals surface area contributed by atoms with Crippen molar-refractivity contribution in [2.75, 3.05) is 13.1 Å². The van der Waals surface area contributed by atoms with Gasteiger partial charge in [-0.2, -0.15) is 4.31 Å². The maximum atomic E-state index is 12.2. The molecule has 0 atom stereocenters. The summed E-state index contributed by atoms with van der Waals surface area (Å²) in [6, 6.07) is 0.121. The average molecular weight is 244 g/mol. The molecule has 0 spiro atoms. The van der Waals surface area contributed by atoms with Crippen molar-refractivity contribution in [3.8, 4) is 0 Å². The standard InChI is InChI=1S/C9H16N4O2S/c1-12-6-9(11-7-12)16(14,15)13(5-4-10)8-2-3-8/h6-8H,2-5,10H2,1H3. The van der Waals surface area contributed by atoms with Crippen molar-refractivity contribution in [2.45, 2.75) is 23.9 Å². The van der Waals surface area contributed by atoms with Crippen LogP contribution in [0.15, 0.2) is 17.6 Å². The number of hydrogen-bond acceptors (Lipinski definition) is 4. The lowest BCUT2D eigenvalue weighted by Gasteiger charge is -2.19. The lowest BCUT2D eigenvalue weighted by molar-refractivity contribution is 0.409. The summed E-state index contributed by atoms with van der Waals surface area (Å²) in [5.41, 5.74) is 5.44. The molecule has 16 heavy (non-hydrogen) atoms. The van der Waals surface area contributed by atoms with Crippen LogP contribution >= 0.6 is 0 Å². The summed E-state index contributed by atoms with van der Waals surface area (Å²) < 4.78 is 27.5. The fraction of sp³-hybridized carbons (Fsp3) is 0.667. The van der Waals surface area contributed by atoms with Crippen LogP contribution in [0.1, 0.15) is 12.8 Å². The number of nitrogens with zero attached hydrogens (tertiary/aromatic N) is 3. The molecule has 0 radical (unpaired) electrons. The second-order valence-electron chi connectivity index (χ2n) is 4.01. The first-order chi connectivity index (χ1) is 7.55. The number of imidazole rings is 1. The third-order valence-electron chi connectivity index (χ3n) is 2.56. The van der Waals surface area contributed by atoms with Crippen LogP contribution < -0.4 is 5.73 Å². The monoisotopic (exact) mass is 244 g/mol. The molecule has 1 fully saturated rings. The average Bonchev–Trinajstić information content (AvgIpc) is 2.96. The van der Waals surface area contributed by atoms with Gasteiger partial charge in [0.05, 0.1) is 6.33 Å². The van der Waals surface area contributed by atoms with Crippen LogP contribution in [-0.4, -0.2) is 41.4 Å². The maximum absolute atomic E-state index is 12.2. The first kappa shape index (κ1) is 11.6. The van der Waals surface area contributed by atoms with Crippen molar-refractivity contribution >= 4 is 10.0 Å². The molecule has 2 N–H and O–H groups in total. The van der Waals surface area contributed by atoms with Crippen LogP contribution in [0.2, 0.25) is 0 Å². The second-order valence-corrected chi connectivity index (χ2v) is 5.85. The van der Waals surface area contributed by atoms with Crippen molar-refractivity contribution in [2.24, 2.45) is 12.8 Å². The van der Waals surface area contributed by atoms with Crippen LogP contribution in [0.5, 0.6) is 0 Å². The highest BCUT2D eigenvalue weighted by Crippen LogP contribution is 2.30. The van der Waals surface area contributed by atoms with Crippen molar-refractivity contribution in [1.82, 2.24) is 13.9 Å². The van der Waals surface area contributed by atoms with Crippen LogP contribution in [0.25, 0.3) is 0 Å². The van der Waals surface area contributed by atoms with E-state index in [2.05, 4.69) is 4.98 Å². The summed E-state index contributed by atoms with van der Waals surface area (Å²) in [4.78, 5) is 3.89. The number of rotatable bonds is 5.